The predicted octanol–water partition coefficient (Wildman–Crippen LogP) is 6.53. The summed E-state index contributed by atoms with van der Waals surface area (Å²) in [4.78, 5) is 0. The maximum Gasteiger partial charge on any atom is 0.00991 e. The third kappa shape index (κ3) is 2.91. The maximum atomic E-state index is 2.33. The predicted molar refractivity (Wildman–Crippen MR) is 94.0 cm³/mol. The van der Waals surface area contributed by atoms with E-state index < -0.39 is 0 Å². The Balaban J connectivity index is 2.11. The standard InChI is InChI=1S/C20H19P/c1-14-11-16(3)19(12-15(14)2)20-13-18(9-10-21-20)17-7-5-4-6-8-17/h4-13H,1-3H3. The molecule has 0 saturated carbocycles. The van der Waals surface area contributed by atoms with E-state index in [0.717, 1.165) is 0 Å². The average Bonchev–Trinajstić information content (AvgIpc) is 2.52. The molecule has 0 amide bonds. The first-order chi connectivity index (χ1) is 10.1. The summed E-state index contributed by atoms with van der Waals surface area (Å²) in [5.41, 5.74) is 8.04. The highest BCUT2D eigenvalue weighted by Gasteiger charge is 2.06. The van der Waals surface area contributed by atoms with Gasteiger partial charge in [0, 0.05) is 5.30 Å². The van der Waals surface area contributed by atoms with Gasteiger partial charge in [-0.15, -0.1) is 0 Å². The minimum absolute atomic E-state index is 1.28. The summed E-state index contributed by atoms with van der Waals surface area (Å²) in [6.45, 7) is 6.58. The normalized spacial score (nSPS) is 11.0. The topological polar surface area (TPSA) is 0 Å². The maximum absolute atomic E-state index is 2.33. The fourth-order valence-corrected chi connectivity index (χ4v) is 3.61. The Bertz CT molecular complexity index is 773. The smallest absolute Gasteiger partial charge is 0.00991 e. The molecule has 0 unspecified atom stereocenters. The summed E-state index contributed by atoms with van der Waals surface area (Å²) < 4.78 is 0. The number of hydrogen-bond acceptors (Lipinski definition) is 0. The minimum atomic E-state index is 1.28. The average molecular weight is 290 g/mol. The van der Waals surface area contributed by atoms with Crippen molar-refractivity contribution >= 4 is 8.19 Å². The number of rotatable bonds is 2. The van der Waals surface area contributed by atoms with Crippen LogP contribution in [0.5, 0.6) is 0 Å². The van der Waals surface area contributed by atoms with E-state index in [1.807, 2.05) is 0 Å². The Morgan fingerprint density at radius 1 is 0.667 bits per heavy atom. The lowest BCUT2D eigenvalue weighted by Crippen LogP contribution is -1.88. The van der Waals surface area contributed by atoms with Crippen molar-refractivity contribution in [3.63, 3.8) is 0 Å². The van der Waals surface area contributed by atoms with E-state index in [9.17, 15) is 0 Å². The fourth-order valence-electron chi connectivity index (χ4n) is 2.62. The molecule has 3 rings (SSSR count). The summed E-state index contributed by atoms with van der Waals surface area (Å²) in [7, 11) is 1.28. The Morgan fingerprint density at radius 2 is 1.38 bits per heavy atom. The molecule has 21 heavy (non-hydrogen) atoms. The van der Waals surface area contributed by atoms with Gasteiger partial charge in [0.1, 0.15) is 0 Å². The van der Waals surface area contributed by atoms with Crippen LogP contribution in [0.1, 0.15) is 16.7 Å². The van der Waals surface area contributed by atoms with E-state index in [-0.39, 0.29) is 0 Å². The molecular weight excluding hydrogens is 271 g/mol. The van der Waals surface area contributed by atoms with Gasteiger partial charge in [0.25, 0.3) is 0 Å². The van der Waals surface area contributed by atoms with Crippen LogP contribution < -0.4 is 0 Å². The van der Waals surface area contributed by atoms with E-state index in [1.54, 1.807) is 0 Å². The Hall–Kier alpha value is -1.91. The molecule has 0 aliphatic rings. The van der Waals surface area contributed by atoms with E-state index in [0.29, 0.717) is 0 Å². The largest absolute Gasteiger partial charge is 0.0678 e. The van der Waals surface area contributed by atoms with Gasteiger partial charge in [-0.3, -0.25) is 0 Å². The number of benzene rings is 2. The van der Waals surface area contributed by atoms with Gasteiger partial charge in [-0.2, -0.15) is 0 Å². The van der Waals surface area contributed by atoms with Crippen molar-refractivity contribution in [3.8, 4) is 22.0 Å². The zero-order chi connectivity index (χ0) is 14.8. The highest BCUT2D eigenvalue weighted by Crippen LogP contribution is 2.35. The molecule has 0 fully saturated rings. The third-order valence-electron chi connectivity index (χ3n) is 3.98. The monoisotopic (exact) mass is 290 g/mol. The highest BCUT2D eigenvalue weighted by atomic mass is 31.0. The van der Waals surface area contributed by atoms with Gasteiger partial charge in [-0.1, -0.05) is 50.7 Å². The molecule has 1 heteroatoms. The number of hydrogen-bond donors (Lipinski definition) is 0. The molecule has 2 aromatic carbocycles. The van der Waals surface area contributed by atoms with Crippen molar-refractivity contribution in [1.82, 2.24) is 0 Å². The minimum Gasteiger partial charge on any atom is -0.0678 e. The van der Waals surface area contributed by atoms with Gasteiger partial charge >= 0.3 is 0 Å². The van der Waals surface area contributed by atoms with Crippen molar-refractivity contribution in [1.29, 1.82) is 0 Å². The van der Waals surface area contributed by atoms with Crippen LogP contribution in [0.3, 0.4) is 0 Å². The molecule has 3 aromatic rings. The molecular formula is C20H19P. The quantitative estimate of drug-likeness (QED) is 0.503. The third-order valence-corrected chi connectivity index (χ3v) is 4.93. The first-order valence-corrected chi connectivity index (χ1v) is 8.21. The molecule has 104 valence electrons. The lowest BCUT2D eigenvalue weighted by atomic mass is 9.98. The van der Waals surface area contributed by atoms with E-state index in [2.05, 4.69) is 81.2 Å². The highest BCUT2D eigenvalue weighted by molar-refractivity contribution is 7.33. The van der Waals surface area contributed by atoms with Gasteiger partial charge in [0.05, 0.1) is 0 Å². The summed E-state index contributed by atoms with van der Waals surface area (Å²) in [6, 6.07) is 19.8. The molecule has 0 saturated heterocycles. The molecule has 0 nitrogen and oxygen atoms in total. The summed E-state index contributed by atoms with van der Waals surface area (Å²) >= 11 is 0. The Labute approximate surface area is 128 Å². The SMILES string of the molecule is Cc1cc(C)c(-c2cc(-c3ccccc3)ccp2)cc1C. The van der Waals surface area contributed by atoms with Crippen molar-refractivity contribution < 1.29 is 0 Å². The van der Waals surface area contributed by atoms with Crippen molar-refractivity contribution in [2.24, 2.45) is 0 Å². The molecule has 0 radical (unpaired) electrons. The van der Waals surface area contributed by atoms with Gasteiger partial charge in [0.2, 0.25) is 0 Å². The molecule has 0 aliphatic carbocycles. The van der Waals surface area contributed by atoms with Gasteiger partial charge in [-0.25, -0.2) is 0 Å². The fraction of sp³-hybridized carbons (Fsp3) is 0.150. The van der Waals surface area contributed by atoms with Crippen LogP contribution in [0, 0.1) is 20.8 Å². The van der Waals surface area contributed by atoms with Crippen LogP contribution >= 0.6 is 8.19 Å². The first kappa shape index (κ1) is 14.0. The second kappa shape index (κ2) is 5.84. The lowest BCUT2D eigenvalue weighted by molar-refractivity contribution is 1.30. The van der Waals surface area contributed by atoms with Crippen LogP contribution in [0.2, 0.25) is 0 Å². The van der Waals surface area contributed by atoms with Crippen LogP contribution in [-0.4, -0.2) is 0 Å². The zero-order valence-corrected chi connectivity index (χ0v) is 13.6. The summed E-state index contributed by atoms with van der Waals surface area (Å²) in [5, 5.41) is 1.39. The molecule has 0 atom stereocenters. The molecule has 0 bridgehead atoms. The second-order valence-corrected chi connectivity index (χ2v) is 6.59. The Kier molecular flexibility index (Phi) is 3.90. The van der Waals surface area contributed by atoms with Crippen molar-refractivity contribution in [2.75, 3.05) is 0 Å². The van der Waals surface area contributed by atoms with E-state index in [1.165, 1.54) is 46.9 Å². The van der Waals surface area contributed by atoms with Crippen LogP contribution in [0.25, 0.3) is 22.0 Å². The lowest BCUT2D eigenvalue weighted by Gasteiger charge is -2.11. The summed E-state index contributed by atoms with van der Waals surface area (Å²) in [6.07, 6.45) is 0. The van der Waals surface area contributed by atoms with Crippen LogP contribution in [0.4, 0.5) is 0 Å². The van der Waals surface area contributed by atoms with Crippen molar-refractivity contribution in [3.05, 3.63) is 77.1 Å². The molecule has 0 aliphatic heterocycles. The van der Waals surface area contributed by atoms with Crippen LogP contribution in [-0.2, 0) is 0 Å². The van der Waals surface area contributed by atoms with Crippen molar-refractivity contribution in [2.45, 2.75) is 20.8 Å². The van der Waals surface area contributed by atoms with E-state index >= 15 is 0 Å². The second-order valence-electron chi connectivity index (χ2n) is 5.55. The van der Waals surface area contributed by atoms with Crippen LogP contribution in [0.15, 0.2) is 60.4 Å². The van der Waals surface area contributed by atoms with E-state index in [4.69, 9.17) is 0 Å². The summed E-state index contributed by atoms with van der Waals surface area (Å²) in [5.74, 6) is 2.24. The first-order valence-electron chi connectivity index (χ1n) is 7.25. The molecule has 1 aromatic heterocycles. The molecule has 0 N–H and O–H groups in total. The molecule has 1 heterocycles. The zero-order valence-electron chi connectivity index (χ0n) is 12.7. The van der Waals surface area contributed by atoms with Gasteiger partial charge in [-0.05, 0) is 72.1 Å². The van der Waals surface area contributed by atoms with Gasteiger partial charge < -0.3 is 0 Å². The van der Waals surface area contributed by atoms with Gasteiger partial charge in [0.15, 0.2) is 0 Å². The number of aryl methyl sites for hydroxylation is 3. The molecule has 0 spiro atoms. The Morgan fingerprint density at radius 3 is 2.14 bits per heavy atom.